The van der Waals surface area contributed by atoms with Crippen LogP contribution in [0.25, 0.3) is 0 Å². The van der Waals surface area contributed by atoms with E-state index in [0.29, 0.717) is 0 Å². The maximum Gasteiger partial charge on any atom is 0.123 e. The van der Waals surface area contributed by atoms with Crippen LogP contribution in [0.2, 0.25) is 0 Å². The van der Waals surface area contributed by atoms with E-state index in [1.807, 2.05) is 18.2 Å². The van der Waals surface area contributed by atoms with Crippen LogP contribution in [0, 0.1) is 0 Å². The lowest BCUT2D eigenvalue weighted by Gasteiger charge is -2.14. The van der Waals surface area contributed by atoms with Crippen molar-refractivity contribution in [1.82, 2.24) is 0 Å². The van der Waals surface area contributed by atoms with Crippen LogP contribution >= 0.6 is 31.9 Å². The molecule has 0 heterocycles. The number of para-hydroxylation sites is 1. The molecule has 2 aromatic carbocycles. The van der Waals surface area contributed by atoms with E-state index < -0.39 is 0 Å². The number of hydrogen-bond acceptors (Lipinski definition) is 1. The summed E-state index contributed by atoms with van der Waals surface area (Å²) >= 11 is 7.19. The van der Waals surface area contributed by atoms with Gasteiger partial charge >= 0.3 is 0 Å². The molecule has 1 unspecified atom stereocenters. The van der Waals surface area contributed by atoms with Gasteiger partial charge in [-0.25, -0.2) is 0 Å². The SMILES string of the molecule is COc1ccccc1C(Br)Cc1ccc(Br)cc1. The van der Waals surface area contributed by atoms with Gasteiger partial charge in [0.05, 0.1) is 7.11 Å². The van der Waals surface area contributed by atoms with Gasteiger partial charge in [0.15, 0.2) is 0 Å². The predicted octanol–water partition coefficient (Wildman–Crippen LogP) is 5.14. The molecule has 0 aromatic heterocycles. The lowest BCUT2D eigenvalue weighted by Crippen LogP contribution is -1.98. The van der Waals surface area contributed by atoms with Crippen molar-refractivity contribution in [3.05, 3.63) is 64.1 Å². The van der Waals surface area contributed by atoms with Crippen molar-refractivity contribution in [2.45, 2.75) is 11.2 Å². The number of methoxy groups -OCH3 is 1. The first kappa shape index (κ1) is 13.6. The van der Waals surface area contributed by atoms with Crippen molar-refractivity contribution in [1.29, 1.82) is 0 Å². The van der Waals surface area contributed by atoms with Crippen LogP contribution < -0.4 is 4.74 Å². The minimum absolute atomic E-state index is 0.259. The monoisotopic (exact) mass is 368 g/mol. The summed E-state index contributed by atoms with van der Waals surface area (Å²) in [5.74, 6) is 0.927. The second kappa shape index (κ2) is 6.39. The summed E-state index contributed by atoms with van der Waals surface area (Å²) in [4.78, 5) is 0.259. The third kappa shape index (κ3) is 3.36. The fourth-order valence-electron chi connectivity index (χ4n) is 1.86. The van der Waals surface area contributed by atoms with Crippen molar-refractivity contribution < 1.29 is 4.74 Å². The zero-order chi connectivity index (χ0) is 13.0. The van der Waals surface area contributed by atoms with Crippen LogP contribution in [-0.2, 0) is 6.42 Å². The van der Waals surface area contributed by atoms with Crippen LogP contribution in [-0.4, -0.2) is 7.11 Å². The summed E-state index contributed by atoms with van der Waals surface area (Å²) in [6, 6.07) is 16.5. The van der Waals surface area contributed by atoms with E-state index in [-0.39, 0.29) is 4.83 Å². The number of halogens is 2. The highest BCUT2D eigenvalue weighted by molar-refractivity contribution is 9.10. The van der Waals surface area contributed by atoms with E-state index >= 15 is 0 Å². The number of alkyl halides is 1. The summed E-state index contributed by atoms with van der Waals surface area (Å²) in [6.45, 7) is 0. The summed E-state index contributed by atoms with van der Waals surface area (Å²) in [6.07, 6.45) is 0.938. The highest BCUT2D eigenvalue weighted by atomic mass is 79.9. The smallest absolute Gasteiger partial charge is 0.123 e. The van der Waals surface area contributed by atoms with Crippen LogP contribution in [0.15, 0.2) is 53.0 Å². The van der Waals surface area contributed by atoms with Crippen LogP contribution in [0.4, 0.5) is 0 Å². The number of ether oxygens (including phenoxy) is 1. The van der Waals surface area contributed by atoms with Gasteiger partial charge in [-0.1, -0.05) is 62.2 Å². The van der Waals surface area contributed by atoms with Gasteiger partial charge in [0.25, 0.3) is 0 Å². The number of benzene rings is 2. The number of hydrogen-bond donors (Lipinski definition) is 0. The Hall–Kier alpha value is -0.800. The molecule has 0 N–H and O–H groups in total. The summed E-state index contributed by atoms with van der Waals surface area (Å²) in [7, 11) is 1.71. The van der Waals surface area contributed by atoms with E-state index in [4.69, 9.17) is 4.74 Å². The standard InChI is InChI=1S/C15H14Br2O/c1-18-15-5-3-2-4-13(15)14(17)10-11-6-8-12(16)9-7-11/h2-9,14H,10H2,1H3. The second-order valence-electron chi connectivity index (χ2n) is 4.04. The molecular weight excluding hydrogens is 356 g/mol. The topological polar surface area (TPSA) is 9.23 Å². The van der Waals surface area contributed by atoms with Gasteiger partial charge in [-0.2, -0.15) is 0 Å². The maximum absolute atomic E-state index is 5.39. The molecule has 2 aromatic rings. The molecule has 0 fully saturated rings. The lowest BCUT2D eigenvalue weighted by atomic mass is 10.0. The molecule has 0 amide bonds. The maximum atomic E-state index is 5.39. The lowest BCUT2D eigenvalue weighted by molar-refractivity contribution is 0.409. The fourth-order valence-corrected chi connectivity index (χ4v) is 2.88. The zero-order valence-corrected chi connectivity index (χ0v) is 13.2. The largest absolute Gasteiger partial charge is 0.496 e. The van der Waals surface area contributed by atoms with Gasteiger partial charge in [-0.05, 0) is 30.2 Å². The average molecular weight is 370 g/mol. The Kier molecular flexibility index (Phi) is 4.84. The molecule has 1 nitrogen and oxygen atoms in total. The van der Waals surface area contributed by atoms with E-state index in [9.17, 15) is 0 Å². The van der Waals surface area contributed by atoms with Gasteiger partial charge < -0.3 is 4.74 Å². The van der Waals surface area contributed by atoms with E-state index in [2.05, 4.69) is 62.2 Å². The molecule has 0 saturated heterocycles. The van der Waals surface area contributed by atoms with E-state index in [1.54, 1.807) is 7.11 Å². The molecule has 0 aliphatic carbocycles. The third-order valence-corrected chi connectivity index (χ3v) is 4.15. The number of rotatable bonds is 4. The first-order valence-electron chi connectivity index (χ1n) is 5.72. The highest BCUT2D eigenvalue weighted by Gasteiger charge is 2.12. The quantitative estimate of drug-likeness (QED) is 0.678. The minimum Gasteiger partial charge on any atom is -0.496 e. The van der Waals surface area contributed by atoms with Gasteiger partial charge in [-0.3, -0.25) is 0 Å². The summed E-state index contributed by atoms with van der Waals surface area (Å²) in [5, 5.41) is 0. The van der Waals surface area contributed by atoms with Crippen LogP contribution in [0.5, 0.6) is 5.75 Å². The molecule has 0 spiro atoms. The molecule has 0 saturated carbocycles. The minimum atomic E-state index is 0.259. The Bertz CT molecular complexity index is 508. The Morgan fingerprint density at radius 2 is 1.72 bits per heavy atom. The van der Waals surface area contributed by atoms with Gasteiger partial charge in [-0.15, -0.1) is 0 Å². The summed E-state index contributed by atoms with van der Waals surface area (Å²) < 4.78 is 6.49. The molecular formula is C15H14Br2O. The summed E-state index contributed by atoms with van der Waals surface area (Å²) in [5.41, 5.74) is 2.48. The molecule has 2 rings (SSSR count). The first-order valence-corrected chi connectivity index (χ1v) is 7.43. The Balaban J connectivity index is 2.16. The molecule has 18 heavy (non-hydrogen) atoms. The Morgan fingerprint density at radius 3 is 2.39 bits per heavy atom. The highest BCUT2D eigenvalue weighted by Crippen LogP contribution is 2.33. The van der Waals surface area contributed by atoms with E-state index in [1.165, 1.54) is 11.1 Å². The zero-order valence-electron chi connectivity index (χ0n) is 10.1. The second-order valence-corrected chi connectivity index (χ2v) is 6.06. The molecule has 0 bridgehead atoms. The molecule has 1 atom stereocenters. The molecule has 0 aliphatic rings. The molecule has 94 valence electrons. The molecule has 0 aliphatic heterocycles. The molecule has 0 radical (unpaired) electrons. The Morgan fingerprint density at radius 1 is 1.06 bits per heavy atom. The van der Waals surface area contributed by atoms with Gasteiger partial charge in [0.2, 0.25) is 0 Å². The third-order valence-electron chi connectivity index (χ3n) is 2.80. The van der Waals surface area contributed by atoms with Gasteiger partial charge in [0, 0.05) is 14.9 Å². The predicted molar refractivity (Wildman–Crippen MR) is 82.5 cm³/mol. The molecule has 3 heteroatoms. The van der Waals surface area contributed by atoms with Crippen molar-refractivity contribution >= 4 is 31.9 Å². The van der Waals surface area contributed by atoms with Crippen molar-refractivity contribution in [2.24, 2.45) is 0 Å². The van der Waals surface area contributed by atoms with Gasteiger partial charge in [0.1, 0.15) is 5.75 Å². The van der Waals surface area contributed by atoms with E-state index in [0.717, 1.165) is 16.6 Å². The Labute approximate surface area is 124 Å². The van der Waals surface area contributed by atoms with Crippen molar-refractivity contribution in [2.75, 3.05) is 7.11 Å². The first-order chi connectivity index (χ1) is 8.70. The van der Waals surface area contributed by atoms with Crippen molar-refractivity contribution in [3.8, 4) is 5.75 Å². The normalized spacial score (nSPS) is 12.2. The van der Waals surface area contributed by atoms with Crippen LogP contribution in [0.3, 0.4) is 0 Å². The average Bonchev–Trinajstić information content (AvgIpc) is 2.41. The van der Waals surface area contributed by atoms with Crippen molar-refractivity contribution in [3.63, 3.8) is 0 Å². The van der Waals surface area contributed by atoms with Crippen LogP contribution in [0.1, 0.15) is 16.0 Å². The fraction of sp³-hybridized carbons (Fsp3) is 0.200.